The van der Waals surface area contributed by atoms with Crippen LogP contribution in [-0.2, 0) is 0 Å². The van der Waals surface area contributed by atoms with Gasteiger partial charge in [0, 0.05) is 26.1 Å². The van der Waals surface area contributed by atoms with Crippen LogP contribution in [0.4, 0.5) is 5.95 Å². The molecule has 0 saturated heterocycles. The van der Waals surface area contributed by atoms with E-state index in [9.17, 15) is 0 Å². The third kappa shape index (κ3) is 2.75. The Hall–Kier alpha value is -2.80. The molecule has 0 bridgehead atoms. The highest BCUT2D eigenvalue weighted by molar-refractivity contribution is 7.10. The second kappa shape index (κ2) is 6.87. The zero-order valence-electron chi connectivity index (χ0n) is 15.4. The van der Waals surface area contributed by atoms with Gasteiger partial charge in [-0.2, -0.15) is 10.1 Å². The van der Waals surface area contributed by atoms with Crippen LogP contribution < -0.4 is 10.1 Å². The van der Waals surface area contributed by atoms with Crippen LogP contribution in [0.5, 0.6) is 5.75 Å². The summed E-state index contributed by atoms with van der Waals surface area (Å²) in [5.41, 5.74) is 3.88. The lowest BCUT2D eigenvalue weighted by Crippen LogP contribution is -2.32. The van der Waals surface area contributed by atoms with E-state index in [1.54, 1.807) is 17.7 Å². The molecule has 8 heteroatoms. The summed E-state index contributed by atoms with van der Waals surface area (Å²) in [6.07, 6.45) is 1.22. The lowest BCUT2D eigenvalue weighted by Gasteiger charge is -2.38. The van der Waals surface area contributed by atoms with Crippen LogP contribution in [0.1, 0.15) is 28.1 Å². The van der Waals surface area contributed by atoms with E-state index in [4.69, 9.17) is 27.9 Å². The van der Waals surface area contributed by atoms with Crippen LogP contribution in [0, 0.1) is 0 Å². The quantitative estimate of drug-likeness (QED) is 0.392. The molecule has 0 spiro atoms. The molecule has 0 amide bonds. The first-order valence-electron chi connectivity index (χ1n) is 9.35. The monoisotopic (exact) mass is 452 g/mol. The minimum absolute atomic E-state index is 0.158. The summed E-state index contributed by atoms with van der Waals surface area (Å²) in [6, 6.07) is 17.4. The molecule has 0 saturated carbocycles. The van der Waals surface area contributed by atoms with Crippen molar-refractivity contribution < 1.29 is 4.74 Å². The number of hydrogen-bond acceptors (Lipinski definition) is 5. The van der Waals surface area contributed by atoms with E-state index in [1.807, 2.05) is 53.2 Å². The summed E-state index contributed by atoms with van der Waals surface area (Å²) < 4.78 is 8.45. The number of nitrogens with one attached hydrogen (secondary N) is 1. The first-order chi connectivity index (χ1) is 14.7. The third-order valence-corrected chi connectivity index (χ3v) is 6.73. The van der Waals surface area contributed by atoms with Crippen molar-refractivity contribution in [3.63, 3.8) is 0 Å². The van der Waals surface area contributed by atoms with Crippen molar-refractivity contribution in [2.75, 3.05) is 5.32 Å². The molecule has 1 N–H and O–H groups in total. The summed E-state index contributed by atoms with van der Waals surface area (Å²) in [7, 11) is 0. The maximum absolute atomic E-state index is 6.55. The number of ether oxygens (including phenoxy) is 1. The van der Waals surface area contributed by atoms with Crippen molar-refractivity contribution >= 4 is 46.2 Å². The molecular formula is C22H14Cl2N4OS. The van der Waals surface area contributed by atoms with Gasteiger partial charge in [-0.1, -0.05) is 41.4 Å². The number of hydrogen-bond donors (Lipinski definition) is 1. The van der Waals surface area contributed by atoms with Gasteiger partial charge in [0.2, 0.25) is 5.95 Å². The number of thiophene rings is 1. The average Bonchev–Trinajstić information content (AvgIpc) is 3.44. The maximum atomic E-state index is 6.55. The highest BCUT2D eigenvalue weighted by Gasteiger charge is 2.41. The van der Waals surface area contributed by atoms with E-state index >= 15 is 0 Å². The predicted octanol–water partition coefficient (Wildman–Crippen LogP) is 6.21. The van der Waals surface area contributed by atoms with Crippen LogP contribution in [0.3, 0.4) is 0 Å². The Morgan fingerprint density at radius 3 is 2.77 bits per heavy atom. The fraction of sp³-hybridized carbons (Fsp3) is 0.0909. The van der Waals surface area contributed by atoms with E-state index in [0.717, 1.165) is 33.0 Å². The molecule has 0 fully saturated rings. The Bertz CT molecular complexity index is 1300. The van der Waals surface area contributed by atoms with E-state index in [0.29, 0.717) is 16.0 Å². The minimum atomic E-state index is -0.343. The number of fused-ring (bicyclic) bond motifs is 3. The van der Waals surface area contributed by atoms with Crippen LogP contribution in [0.2, 0.25) is 10.0 Å². The average molecular weight is 453 g/mol. The number of halogens is 2. The minimum Gasteiger partial charge on any atom is -0.480 e. The topological polar surface area (TPSA) is 52.0 Å². The lowest BCUT2D eigenvalue weighted by atomic mass is 9.87. The molecule has 0 radical (unpaired) electrons. The Morgan fingerprint density at radius 2 is 1.93 bits per heavy atom. The SMILES string of the molecule is Clc1cccc([C@H]2Oc3ccc(Cl)cc3C3=C2[C@@H](c2cccs2)n2ncnc2N3)c1. The Kier molecular flexibility index (Phi) is 4.13. The summed E-state index contributed by atoms with van der Waals surface area (Å²) in [4.78, 5) is 5.58. The van der Waals surface area contributed by atoms with Gasteiger partial charge in [0.1, 0.15) is 24.2 Å². The van der Waals surface area contributed by atoms with Crippen LogP contribution >= 0.6 is 34.5 Å². The van der Waals surface area contributed by atoms with Crippen molar-refractivity contribution in [3.05, 3.63) is 97.9 Å². The predicted molar refractivity (Wildman–Crippen MR) is 119 cm³/mol. The highest BCUT2D eigenvalue weighted by atomic mass is 35.5. The molecule has 2 aliphatic heterocycles. The zero-order chi connectivity index (χ0) is 20.2. The zero-order valence-corrected chi connectivity index (χ0v) is 17.7. The van der Waals surface area contributed by atoms with Gasteiger partial charge in [-0.3, -0.25) is 0 Å². The molecule has 148 valence electrons. The molecule has 2 aliphatic rings. The molecule has 0 aliphatic carbocycles. The van der Waals surface area contributed by atoms with Crippen molar-refractivity contribution in [2.45, 2.75) is 12.1 Å². The Balaban J connectivity index is 1.65. The van der Waals surface area contributed by atoms with E-state index < -0.39 is 0 Å². The van der Waals surface area contributed by atoms with Gasteiger partial charge in [-0.05, 0) is 47.3 Å². The largest absolute Gasteiger partial charge is 0.480 e. The van der Waals surface area contributed by atoms with Crippen molar-refractivity contribution in [1.29, 1.82) is 0 Å². The lowest BCUT2D eigenvalue weighted by molar-refractivity contribution is 0.223. The number of rotatable bonds is 2. The van der Waals surface area contributed by atoms with Crippen LogP contribution in [-0.4, -0.2) is 14.8 Å². The molecule has 2 aromatic carbocycles. The fourth-order valence-electron chi connectivity index (χ4n) is 4.11. The van der Waals surface area contributed by atoms with Gasteiger partial charge in [0.25, 0.3) is 0 Å². The van der Waals surface area contributed by atoms with Crippen LogP contribution in [0.25, 0.3) is 5.70 Å². The summed E-state index contributed by atoms with van der Waals surface area (Å²) in [5.74, 6) is 1.44. The molecule has 4 heterocycles. The number of benzene rings is 2. The maximum Gasteiger partial charge on any atom is 0.226 e. The summed E-state index contributed by atoms with van der Waals surface area (Å²) in [5, 5.41) is 11.4. The van der Waals surface area contributed by atoms with Gasteiger partial charge < -0.3 is 10.1 Å². The fourth-order valence-corrected chi connectivity index (χ4v) is 5.30. The Morgan fingerprint density at radius 1 is 1.03 bits per heavy atom. The van der Waals surface area contributed by atoms with Gasteiger partial charge in [0.05, 0.1) is 5.70 Å². The van der Waals surface area contributed by atoms with Gasteiger partial charge in [0.15, 0.2) is 0 Å². The highest BCUT2D eigenvalue weighted by Crippen LogP contribution is 2.51. The summed E-state index contributed by atoms with van der Waals surface area (Å²) in [6.45, 7) is 0. The first-order valence-corrected chi connectivity index (χ1v) is 11.0. The van der Waals surface area contributed by atoms with Gasteiger partial charge >= 0.3 is 0 Å². The molecule has 30 heavy (non-hydrogen) atoms. The van der Waals surface area contributed by atoms with Crippen LogP contribution in [0.15, 0.2) is 71.9 Å². The van der Waals surface area contributed by atoms with Gasteiger partial charge in [-0.15, -0.1) is 11.3 Å². The molecule has 2 atom stereocenters. The molecule has 6 rings (SSSR count). The molecular weight excluding hydrogens is 439 g/mol. The first kappa shape index (κ1) is 18.0. The summed E-state index contributed by atoms with van der Waals surface area (Å²) >= 11 is 14.4. The van der Waals surface area contributed by atoms with Crippen molar-refractivity contribution in [2.24, 2.45) is 0 Å². The number of aromatic nitrogens is 3. The van der Waals surface area contributed by atoms with E-state index in [1.165, 1.54) is 0 Å². The number of nitrogens with zero attached hydrogens (tertiary/aromatic N) is 3. The molecule has 4 aromatic rings. The standard InChI is InChI=1S/C22H14Cl2N4OS/c23-13-4-1-3-12(9-13)21-18-19(15-10-14(24)6-7-16(15)29-21)27-22-25-11-26-28(22)20(18)17-5-2-8-30-17/h1-11,20-21H,(H,25,26,27)/t20-,21-/m1/s1. The van der Waals surface area contributed by atoms with E-state index in [-0.39, 0.29) is 12.1 Å². The van der Waals surface area contributed by atoms with Crippen molar-refractivity contribution in [1.82, 2.24) is 14.8 Å². The smallest absolute Gasteiger partial charge is 0.226 e. The molecule has 5 nitrogen and oxygen atoms in total. The molecule has 2 aromatic heterocycles. The Labute approximate surface area is 186 Å². The second-order valence-electron chi connectivity index (χ2n) is 7.09. The van der Waals surface area contributed by atoms with Gasteiger partial charge in [-0.25, -0.2) is 4.68 Å². The molecule has 0 unspecified atom stereocenters. The normalized spacial score (nSPS) is 19.4. The third-order valence-electron chi connectivity index (χ3n) is 5.34. The second-order valence-corrected chi connectivity index (χ2v) is 8.95. The van der Waals surface area contributed by atoms with E-state index in [2.05, 4.69) is 26.8 Å². The van der Waals surface area contributed by atoms with Crippen molar-refractivity contribution in [3.8, 4) is 5.75 Å². The number of anilines is 1.